The Morgan fingerprint density at radius 3 is 3.15 bits per heavy atom. The number of rotatable bonds is 3. The van der Waals surface area contributed by atoms with E-state index in [2.05, 4.69) is 20.8 Å². The van der Waals surface area contributed by atoms with Crippen molar-refractivity contribution in [1.82, 2.24) is 10.4 Å². The van der Waals surface area contributed by atoms with Crippen molar-refractivity contribution in [3.05, 3.63) is 42.1 Å². The number of hydrogen-bond donors (Lipinski definition) is 2. The summed E-state index contributed by atoms with van der Waals surface area (Å²) in [6.45, 7) is 1.02. The molecule has 2 aromatic rings. The molecular formula is C15H17N4O+. The van der Waals surface area contributed by atoms with E-state index in [1.54, 1.807) is 12.4 Å². The Bertz CT molecular complexity index is 642. The number of benzene rings is 1. The van der Waals surface area contributed by atoms with Crippen molar-refractivity contribution in [2.24, 2.45) is 5.10 Å². The van der Waals surface area contributed by atoms with E-state index >= 15 is 0 Å². The van der Waals surface area contributed by atoms with Crippen LogP contribution >= 0.6 is 0 Å². The number of para-hydroxylation sites is 1. The van der Waals surface area contributed by atoms with Gasteiger partial charge in [0.15, 0.2) is 6.04 Å². The first-order chi connectivity index (χ1) is 9.84. The molecule has 0 unspecified atom stereocenters. The third-order valence-electron chi connectivity index (χ3n) is 3.55. The Morgan fingerprint density at radius 2 is 2.30 bits per heavy atom. The number of amides is 1. The van der Waals surface area contributed by atoms with E-state index in [1.165, 1.54) is 0 Å². The van der Waals surface area contributed by atoms with E-state index in [0.717, 1.165) is 35.9 Å². The second-order valence-electron chi connectivity index (χ2n) is 4.93. The molecule has 5 nitrogen and oxygen atoms in total. The summed E-state index contributed by atoms with van der Waals surface area (Å²) in [5.74, 6) is -0.0213. The molecule has 1 atom stereocenters. The van der Waals surface area contributed by atoms with Crippen LogP contribution in [0, 0.1) is 0 Å². The lowest BCUT2D eigenvalue weighted by atomic mass is 10.1. The zero-order valence-corrected chi connectivity index (χ0v) is 11.1. The molecule has 1 aliphatic rings. The Hall–Kier alpha value is -2.27. The Balaban J connectivity index is 1.72. The second-order valence-corrected chi connectivity index (χ2v) is 4.93. The minimum Gasteiger partial charge on any atom is -0.336 e. The largest absolute Gasteiger partial charge is 0.336 e. The number of aromatic nitrogens is 1. The molecule has 1 aliphatic heterocycles. The Labute approximate surface area is 117 Å². The summed E-state index contributed by atoms with van der Waals surface area (Å²) in [4.78, 5) is 16.2. The van der Waals surface area contributed by atoms with Crippen molar-refractivity contribution in [1.29, 1.82) is 0 Å². The average molecular weight is 269 g/mol. The van der Waals surface area contributed by atoms with Crippen LogP contribution in [0.5, 0.6) is 0 Å². The lowest BCUT2D eigenvalue weighted by Crippen LogP contribution is -2.89. The molecule has 0 radical (unpaired) electrons. The lowest BCUT2D eigenvalue weighted by molar-refractivity contribution is -0.657. The summed E-state index contributed by atoms with van der Waals surface area (Å²) in [5, 5.41) is 7.17. The van der Waals surface area contributed by atoms with Crippen LogP contribution in [-0.4, -0.2) is 29.7 Å². The summed E-state index contributed by atoms with van der Waals surface area (Å²) < 4.78 is 0. The van der Waals surface area contributed by atoms with Gasteiger partial charge in [-0.1, -0.05) is 24.3 Å². The van der Waals surface area contributed by atoms with Crippen molar-refractivity contribution in [3.8, 4) is 0 Å². The lowest BCUT2D eigenvalue weighted by Gasteiger charge is -2.04. The van der Waals surface area contributed by atoms with Crippen LogP contribution < -0.4 is 10.7 Å². The highest BCUT2D eigenvalue weighted by Crippen LogP contribution is 2.13. The molecule has 0 saturated carbocycles. The molecule has 102 valence electrons. The minimum absolute atomic E-state index is 0.0118. The van der Waals surface area contributed by atoms with Crippen LogP contribution in [0.15, 0.2) is 41.6 Å². The fourth-order valence-corrected chi connectivity index (χ4v) is 2.49. The molecule has 0 bridgehead atoms. The monoisotopic (exact) mass is 269 g/mol. The summed E-state index contributed by atoms with van der Waals surface area (Å²) >= 11 is 0. The van der Waals surface area contributed by atoms with Gasteiger partial charge in [-0.2, -0.15) is 5.10 Å². The predicted octanol–water partition coefficient (Wildman–Crippen LogP) is 0.411. The minimum atomic E-state index is -0.0213. The molecule has 2 heterocycles. The molecule has 0 aliphatic carbocycles. The average Bonchev–Trinajstić information content (AvgIpc) is 3.02. The van der Waals surface area contributed by atoms with Gasteiger partial charge >= 0.3 is 0 Å². The van der Waals surface area contributed by atoms with Crippen LogP contribution in [0.1, 0.15) is 18.4 Å². The van der Waals surface area contributed by atoms with Gasteiger partial charge in [0.25, 0.3) is 5.91 Å². The molecule has 1 saturated heterocycles. The number of carbonyl (C=O) groups excluding carboxylic acids is 1. The van der Waals surface area contributed by atoms with Crippen molar-refractivity contribution >= 4 is 23.0 Å². The maximum atomic E-state index is 11.8. The number of hydrazone groups is 1. The van der Waals surface area contributed by atoms with E-state index in [0.29, 0.717) is 0 Å². The molecule has 1 amide bonds. The number of hydrogen-bond acceptors (Lipinski definition) is 3. The highest BCUT2D eigenvalue weighted by Gasteiger charge is 2.25. The SMILES string of the molecule is O=C(N/N=C\c1cccc2cccnc12)[C@H]1CCC[NH2+]1. The van der Waals surface area contributed by atoms with Gasteiger partial charge in [-0.25, -0.2) is 5.43 Å². The molecule has 0 spiro atoms. The van der Waals surface area contributed by atoms with Crippen molar-refractivity contribution in [2.75, 3.05) is 6.54 Å². The van der Waals surface area contributed by atoms with Crippen molar-refractivity contribution < 1.29 is 10.1 Å². The van der Waals surface area contributed by atoms with Crippen molar-refractivity contribution in [3.63, 3.8) is 0 Å². The summed E-state index contributed by atoms with van der Waals surface area (Å²) in [6.07, 6.45) is 5.43. The van der Waals surface area contributed by atoms with E-state index < -0.39 is 0 Å². The first-order valence-electron chi connectivity index (χ1n) is 6.84. The second kappa shape index (κ2) is 5.79. The topological polar surface area (TPSA) is 71.0 Å². The molecular weight excluding hydrogens is 252 g/mol. The smallest absolute Gasteiger partial charge is 0.298 e. The summed E-state index contributed by atoms with van der Waals surface area (Å²) in [6, 6.07) is 9.82. The van der Waals surface area contributed by atoms with Gasteiger partial charge in [0, 0.05) is 30.0 Å². The van der Waals surface area contributed by atoms with Gasteiger partial charge < -0.3 is 5.32 Å². The van der Waals surface area contributed by atoms with Gasteiger partial charge in [0.1, 0.15) is 0 Å². The highest BCUT2D eigenvalue weighted by molar-refractivity contribution is 5.97. The predicted molar refractivity (Wildman–Crippen MR) is 77.3 cm³/mol. The molecule has 5 heteroatoms. The third-order valence-corrected chi connectivity index (χ3v) is 3.55. The van der Waals surface area contributed by atoms with E-state index in [9.17, 15) is 4.79 Å². The standard InChI is InChI=1S/C15H16N4O/c20-15(13-7-3-8-16-13)19-18-10-12-5-1-4-11-6-2-9-17-14(11)12/h1-2,4-6,9-10,13,16H,3,7-8H2,(H,19,20)/p+1/b18-10-/t13-/m1/s1. The van der Waals surface area contributed by atoms with Crippen LogP contribution in [0.2, 0.25) is 0 Å². The van der Waals surface area contributed by atoms with Crippen LogP contribution in [0.3, 0.4) is 0 Å². The normalized spacial score (nSPS) is 18.7. The van der Waals surface area contributed by atoms with Crippen molar-refractivity contribution in [2.45, 2.75) is 18.9 Å². The highest BCUT2D eigenvalue weighted by atomic mass is 16.2. The fourth-order valence-electron chi connectivity index (χ4n) is 2.49. The Morgan fingerprint density at radius 1 is 1.40 bits per heavy atom. The molecule has 3 rings (SSSR count). The van der Waals surface area contributed by atoms with Gasteiger partial charge in [-0.05, 0) is 6.07 Å². The Kier molecular flexibility index (Phi) is 3.69. The van der Waals surface area contributed by atoms with E-state index in [1.807, 2.05) is 30.3 Å². The molecule has 3 N–H and O–H groups in total. The van der Waals surface area contributed by atoms with Crippen LogP contribution in [-0.2, 0) is 4.79 Å². The van der Waals surface area contributed by atoms with E-state index in [4.69, 9.17) is 0 Å². The quantitative estimate of drug-likeness (QED) is 0.626. The van der Waals surface area contributed by atoms with Crippen LogP contribution in [0.4, 0.5) is 0 Å². The number of carbonyl (C=O) groups is 1. The van der Waals surface area contributed by atoms with Gasteiger partial charge in [0.05, 0.1) is 18.3 Å². The summed E-state index contributed by atoms with van der Waals surface area (Å²) in [5.41, 5.74) is 4.40. The fraction of sp³-hybridized carbons (Fsp3) is 0.267. The molecule has 1 aromatic heterocycles. The molecule has 20 heavy (non-hydrogen) atoms. The maximum Gasteiger partial charge on any atom is 0.298 e. The van der Waals surface area contributed by atoms with E-state index in [-0.39, 0.29) is 11.9 Å². The van der Waals surface area contributed by atoms with Gasteiger partial charge in [0.2, 0.25) is 0 Å². The third kappa shape index (κ3) is 2.67. The number of nitrogens with two attached hydrogens (primary N) is 1. The molecule has 1 fully saturated rings. The number of nitrogens with one attached hydrogen (secondary N) is 1. The first kappa shape index (κ1) is 12.7. The van der Waals surface area contributed by atoms with Gasteiger partial charge in [-0.3, -0.25) is 9.78 Å². The van der Waals surface area contributed by atoms with Gasteiger partial charge in [-0.15, -0.1) is 0 Å². The number of quaternary nitrogens is 1. The van der Waals surface area contributed by atoms with Crippen LogP contribution in [0.25, 0.3) is 10.9 Å². The zero-order valence-electron chi connectivity index (χ0n) is 11.1. The summed E-state index contributed by atoms with van der Waals surface area (Å²) in [7, 11) is 0. The number of fused-ring (bicyclic) bond motifs is 1. The number of nitrogens with zero attached hydrogens (tertiary/aromatic N) is 2. The first-order valence-corrected chi connectivity index (χ1v) is 6.84. The maximum absolute atomic E-state index is 11.8. The number of pyridine rings is 1. The zero-order chi connectivity index (χ0) is 13.8. The molecule has 1 aromatic carbocycles.